The third-order valence-electron chi connectivity index (χ3n) is 2.40. The van der Waals surface area contributed by atoms with Gasteiger partial charge in [0.2, 0.25) is 0 Å². The molecule has 1 aromatic heterocycles. The minimum atomic E-state index is -0.407. The van der Waals surface area contributed by atoms with Crippen molar-refractivity contribution in [3.8, 4) is 0 Å². The van der Waals surface area contributed by atoms with Crippen molar-refractivity contribution in [2.24, 2.45) is 5.84 Å². The first-order valence-electron chi connectivity index (χ1n) is 5.41. The number of anilines is 2. The van der Waals surface area contributed by atoms with Crippen LogP contribution in [0.15, 0.2) is 30.3 Å². The summed E-state index contributed by atoms with van der Waals surface area (Å²) in [5.74, 6) is 5.11. The molecule has 1 aromatic carbocycles. The standard InChI is InChI=1S/C12H9Cl3N4O/c13-7-2-1-3-8(11(7)15)17-12(20)6-4-9(14)18-10(5-6)19-16/h1-5H,16H2,(H,17,20)(H,18,19). The molecule has 0 aliphatic carbocycles. The molecule has 0 fully saturated rings. The first-order valence-corrected chi connectivity index (χ1v) is 6.54. The highest BCUT2D eigenvalue weighted by molar-refractivity contribution is 6.44. The fourth-order valence-electron chi connectivity index (χ4n) is 1.50. The maximum Gasteiger partial charge on any atom is 0.255 e. The van der Waals surface area contributed by atoms with Gasteiger partial charge in [0, 0.05) is 5.56 Å². The monoisotopic (exact) mass is 330 g/mol. The molecule has 1 amide bonds. The topological polar surface area (TPSA) is 80.0 Å². The van der Waals surface area contributed by atoms with Crippen LogP contribution in [-0.4, -0.2) is 10.9 Å². The number of benzene rings is 1. The van der Waals surface area contributed by atoms with E-state index in [1.807, 2.05) is 0 Å². The second-order valence-electron chi connectivity index (χ2n) is 3.76. The third-order valence-corrected chi connectivity index (χ3v) is 3.42. The number of hydrogen-bond acceptors (Lipinski definition) is 4. The van der Waals surface area contributed by atoms with Gasteiger partial charge in [-0.2, -0.15) is 0 Å². The second kappa shape index (κ2) is 6.28. The van der Waals surface area contributed by atoms with Crippen molar-refractivity contribution in [2.75, 3.05) is 10.7 Å². The lowest BCUT2D eigenvalue weighted by atomic mass is 10.2. The van der Waals surface area contributed by atoms with E-state index >= 15 is 0 Å². The number of rotatable bonds is 3. The van der Waals surface area contributed by atoms with Gasteiger partial charge in [-0.1, -0.05) is 40.9 Å². The quantitative estimate of drug-likeness (QED) is 0.456. The van der Waals surface area contributed by atoms with Gasteiger partial charge < -0.3 is 10.7 Å². The van der Waals surface area contributed by atoms with Crippen LogP contribution in [0.3, 0.4) is 0 Å². The molecule has 5 nitrogen and oxygen atoms in total. The molecule has 4 N–H and O–H groups in total. The van der Waals surface area contributed by atoms with Crippen LogP contribution in [0.4, 0.5) is 11.5 Å². The maximum absolute atomic E-state index is 12.1. The Hall–Kier alpha value is -1.53. The molecule has 2 aromatic rings. The molecule has 0 spiro atoms. The Labute approximate surface area is 130 Å². The number of aromatic nitrogens is 1. The van der Waals surface area contributed by atoms with Gasteiger partial charge in [-0.15, -0.1) is 0 Å². The van der Waals surface area contributed by atoms with Crippen molar-refractivity contribution in [3.63, 3.8) is 0 Å². The lowest BCUT2D eigenvalue weighted by molar-refractivity contribution is 0.102. The summed E-state index contributed by atoms with van der Waals surface area (Å²) < 4.78 is 0. The summed E-state index contributed by atoms with van der Waals surface area (Å²) in [7, 11) is 0. The van der Waals surface area contributed by atoms with Gasteiger partial charge in [-0.25, -0.2) is 10.8 Å². The molecule has 0 saturated carbocycles. The van der Waals surface area contributed by atoms with Crippen molar-refractivity contribution in [2.45, 2.75) is 0 Å². The maximum atomic E-state index is 12.1. The van der Waals surface area contributed by atoms with Crippen molar-refractivity contribution < 1.29 is 4.79 Å². The highest BCUT2D eigenvalue weighted by Crippen LogP contribution is 2.30. The molecule has 104 valence electrons. The van der Waals surface area contributed by atoms with E-state index in [-0.39, 0.29) is 21.6 Å². The van der Waals surface area contributed by atoms with Gasteiger partial charge in [0.25, 0.3) is 5.91 Å². The minimum Gasteiger partial charge on any atom is -0.321 e. The Morgan fingerprint density at radius 2 is 1.95 bits per heavy atom. The molecule has 2 rings (SSSR count). The molecule has 0 saturated heterocycles. The Kier molecular flexibility index (Phi) is 4.67. The van der Waals surface area contributed by atoms with Crippen LogP contribution in [-0.2, 0) is 0 Å². The van der Waals surface area contributed by atoms with Crippen molar-refractivity contribution in [1.82, 2.24) is 4.98 Å². The number of amides is 1. The Morgan fingerprint density at radius 3 is 2.65 bits per heavy atom. The van der Waals surface area contributed by atoms with Crippen LogP contribution >= 0.6 is 34.8 Å². The second-order valence-corrected chi connectivity index (χ2v) is 4.94. The molecule has 0 aliphatic heterocycles. The summed E-state index contributed by atoms with van der Waals surface area (Å²) in [5.41, 5.74) is 3.01. The molecule has 0 bridgehead atoms. The van der Waals surface area contributed by atoms with E-state index in [9.17, 15) is 4.79 Å². The van der Waals surface area contributed by atoms with Crippen LogP contribution in [0.25, 0.3) is 0 Å². The number of hydrogen-bond donors (Lipinski definition) is 3. The zero-order valence-corrected chi connectivity index (χ0v) is 12.2. The van der Waals surface area contributed by atoms with Gasteiger partial charge in [0.15, 0.2) is 0 Å². The van der Waals surface area contributed by atoms with E-state index in [4.69, 9.17) is 40.6 Å². The van der Waals surface area contributed by atoms with Crippen LogP contribution in [0.5, 0.6) is 0 Å². The van der Waals surface area contributed by atoms with Gasteiger partial charge >= 0.3 is 0 Å². The summed E-state index contributed by atoms with van der Waals surface area (Å²) in [6.07, 6.45) is 0. The van der Waals surface area contributed by atoms with E-state index in [0.29, 0.717) is 10.7 Å². The van der Waals surface area contributed by atoms with Crippen molar-refractivity contribution in [3.05, 3.63) is 51.1 Å². The summed E-state index contributed by atoms with van der Waals surface area (Å²) in [4.78, 5) is 16.0. The number of hydrazine groups is 1. The number of nitrogen functional groups attached to an aromatic ring is 1. The first kappa shape index (κ1) is 14.9. The van der Waals surface area contributed by atoms with E-state index in [0.717, 1.165) is 0 Å². The minimum absolute atomic E-state index is 0.141. The number of pyridine rings is 1. The number of carbonyl (C=O) groups excluding carboxylic acids is 1. The molecule has 0 unspecified atom stereocenters. The highest BCUT2D eigenvalue weighted by Gasteiger charge is 2.12. The molecule has 0 aliphatic rings. The third kappa shape index (κ3) is 3.32. The van der Waals surface area contributed by atoms with Crippen molar-refractivity contribution >= 4 is 52.2 Å². The SMILES string of the molecule is NNc1cc(C(=O)Nc2cccc(Cl)c2Cl)cc(Cl)n1. The molecular formula is C12H9Cl3N4O. The van der Waals surface area contributed by atoms with Crippen LogP contribution in [0, 0.1) is 0 Å². The highest BCUT2D eigenvalue weighted by atomic mass is 35.5. The van der Waals surface area contributed by atoms with Gasteiger partial charge in [-0.3, -0.25) is 4.79 Å². The van der Waals surface area contributed by atoms with E-state index in [1.54, 1.807) is 18.2 Å². The number of nitrogens with zero attached hydrogens (tertiary/aromatic N) is 1. The Bertz CT molecular complexity index is 663. The smallest absolute Gasteiger partial charge is 0.255 e. The fourth-order valence-corrected chi connectivity index (χ4v) is 2.05. The van der Waals surface area contributed by atoms with Crippen LogP contribution in [0.1, 0.15) is 10.4 Å². The largest absolute Gasteiger partial charge is 0.321 e. The van der Waals surface area contributed by atoms with E-state index < -0.39 is 5.91 Å². The number of nitrogens with two attached hydrogens (primary N) is 1. The first-order chi connectivity index (χ1) is 9.51. The van der Waals surface area contributed by atoms with Crippen LogP contribution < -0.4 is 16.6 Å². The van der Waals surface area contributed by atoms with Gasteiger partial charge in [-0.05, 0) is 24.3 Å². The molecule has 20 heavy (non-hydrogen) atoms. The van der Waals surface area contributed by atoms with Gasteiger partial charge in [0.1, 0.15) is 11.0 Å². The lowest BCUT2D eigenvalue weighted by Gasteiger charge is -2.09. The lowest BCUT2D eigenvalue weighted by Crippen LogP contribution is -2.15. The normalized spacial score (nSPS) is 10.2. The molecule has 1 heterocycles. The average molecular weight is 332 g/mol. The number of nitrogens with one attached hydrogen (secondary N) is 2. The fraction of sp³-hybridized carbons (Fsp3) is 0. The molecule has 8 heteroatoms. The Morgan fingerprint density at radius 1 is 1.20 bits per heavy atom. The molecular weight excluding hydrogens is 323 g/mol. The summed E-state index contributed by atoms with van der Waals surface area (Å²) >= 11 is 17.7. The number of halogens is 3. The number of carbonyl (C=O) groups is 1. The summed E-state index contributed by atoms with van der Waals surface area (Å²) in [5, 5.41) is 3.39. The van der Waals surface area contributed by atoms with E-state index in [1.165, 1.54) is 12.1 Å². The summed E-state index contributed by atoms with van der Waals surface area (Å²) in [6.45, 7) is 0. The zero-order valence-electron chi connectivity index (χ0n) is 9.95. The van der Waals surface area contributed by atoms with E-state index in [2.05, 4.69) is 15.7 Å². The van der Waals surface area contributed by atoms with Crippen molar-refractivity contribution in [1.29, 1.82) is 0 Å². The predicted octanol–water partition coefficient (Wildman–Crippen LogP) is 3.58. The summed E-state index contributed by atoms with van der Waals surface area (Å²) in [6, 6.07) is 7.81. The van der Waals surface area contributed by atoms with Crippen LogP contribution in [0.2, 0.25) is 15.2 Å². The average Bonchev–Trinajstić information content (AvgIpc) is 2.43. The zero-order chi connectivity index (χ0) is 14.7. The molecule has 0 radical (unpaired) electrons. The molecule has 0 atom stereocenters. The Balaban J connectivity index is 2.28. The van der Waals surface area contributed by atoms with Gasteiger partial charge in [0.05, 0.1) is 15.7 Å². The predicted molar refractivity (Wildman–Crippen MR) is 81.5 cm³/mol.